The zero-order valence-corrected chi connectivity index (χ0v) is 11.1. The van der Waals surface area contributed by atoms with Crippen molar-refractivity contribution >= 4 is 6.29 Å². The number of aldehydes is 1. The summed E-state index contributed by atoms with van der Waals surface area (Å²) in [5, 5.41) is 0. The molecule has 0 amide bonds. The van der Waals surface area contributed by atoms with Crippen molar-refractivity contribution in [3.05, 3.63) is 36.5 Å². The maximum Gasteiger partial charge on any atom is 0.119 e. The van der Waals surface area contributed by atoms with Gasteiger partial charge in [0, 0.05) is 6.42 Å². The first-order valence-electron chi connectivity index (χ1n) is 6.82. The van der Waals surface area contributed by atoms with Crippen molar-refractivity contribution in [1.82, 2.24) is 0 Å². The summed E-state index contributed by atoms with van der Waals surface area (Å²) in [6, 6.07) is 0. The Bertz CT molecular complexity index is 236. The van der Waals surface area contributed by atoms with Gasteiger partial charge in [-0.1, -0.05) is 49.8 Å². The van der Waals surface area contributed by atoms with E-state index in [1.807, 2.05) is 0 Å². The molecule has 0 aliphatic carbocycles. The van der Waals surface area contributed by atoms with E-state index in [-0.39, 0.29) is 0 Å². The fraction of sp³-hybridized carbons (Fsp3) is 0.562. The molecule has 0 rings (SSSR count). The van der Waals surface area contributed by atoms with Crippen molar-refractivity contribution in [3.63, 3.8) is 0 Å². The highest BCUT2D eigenvalue weighted by atomic mass is 16.1. The van der Waals surface area contributed by atoms with Crippen LogP contribution in [-0.2, 0) is 4.79 Å². The van der Waals surface area contributed by atoms with E-state index in [1.54, 1.807) is 0 Å². The second kappa shape index (κ2) is 14.9. The van der Waals surface area contributed by atoms with Gasteiger partial charge in [0.15, 0.2) is 0 Å². The summed E-state index contributed by atoms with van der Waals surface area (Å²) in [5.41, 5.74) is 0. The maximum absolute atomic E-state index is 10.1. The van der Waals surface area contributed by atoms with Crippen LogP contribution in [0.2, 0.25) is 0 Å². The smallest absolute Gasteiger partial charge is 0.119 e. The lowest BCUT2D eigenvalue weighted by molar-refractivity contribution is -0.107. The lowest BCUT2D eigenvalue weighted by Gasteiger charge is -1.91. The average molecular weight is 234 g/mol. The van der Waals surface area contributed by atoms with E-state index in [0.717, 1.165) is 38.4 Å². The Morgan fingerprint density at radius 2 is 1.29 bits per heavy atom. The van der Waals surface area contributed by atoms with Gasteiger partial charge in [-0.2, -0.15) is 0 Å². The topological polar surface area (TPSA) is 17.1 Å². The molecule has 0 heterocycles. The second-order valence-corrected chi connectivity index (χ2v) is 4.14. The van der Waals surface area contributed by atoms with Gasteiger partial charge in [-0.25, -0.2) is 0 Å². The average Bonchev–Trinajstić information content (AvgIpc) is 2.35. The number of rotatable bonds is 11. The standard InChI is InChI=1S/C16H26O/c1-2-3-4-5-6-7-8-9-10-11-12-13-14-15-16-17/h4-7,10-11,16H,2-3,8-9,12-15H2,1H3/b5-4+,7-6-,11-10-. The Hall–Kier alpha value is -1.11. The fourth-order valence-corrected chi connectivity index (χ4v) is 1.43. The van der Waals surface area contributed by atoms with Crippen molar-refractivity contribution < 1.29 is 4.79 Å². The Balaban J connectivity index is 3.26. The predicted octanol–water partition coefficient (Wildman–Crippen LogP) is 4.99. The summed E-state index contributed by atoms with van der Waals surface area (Å²) in [6.07, 6.45) is 22.7. The van der Waals surface area contributed by atoms with Crippen LogP contribution in [0.3, 0.4) is 0 Å². The van der Waals surface area contributed by atoms with Gasteiger partial charge in [-0.05, 0) is 38.5 Å². The highest BCUT2D eigenvalue weighted by Gasteiger charge is 1.84. The molecule has 0 saturated heterocycles. The number of hydrogen-bond acceptors (Lipinski definition) is 1. The van der Waals surface area contributed by atoms with Gasteiger partial charge in [0.1, 0.15) is 6.29 Å². The monoisotopic (exact) mass is 234 g/mol. The first kappa shape index (κ1) is 15.9. The Labute approximate surface area is 106 Å². The van der Waals surface area contributed by atoms with Crippen LogP contribution < -0.4 is 0 Å². The lowest BCUT2D eigenvalue weighted by atomic mass is 10.2. The van der Waals surface area contributed by atoms with Gasteiger partial charge in [0.2, 0.25) is 0 Å². The van der Waals surface area contributed by atoms with Gasteiger partial charge in [-0.3, -0.25) is 0 Å². The molecule has 0 spiro atoms. The van der Waals surface area contributed by atoms with Crippen LogP contribution in [0.1, 0.15) is 58.3 Å². The zero-order valence-electron chi connectivity index (χ0n) is 11.1. The number of carbonyl (C=O) groups excluding carboxylic acids is 1. The molecule has 17 heavy (non-hydrogen) atoms. The van der Waals surface area contributed by atoms with Crippen molar-refractivity contribution in [1.29, 1.82) is 0 Å². The molecule has 0 fully saturated rings. The summed E-state index contributed by atoms with van der Waals surface area (Å²) >= 11 is 0. The Morgan fingerprint density at radius 3 is 2.00 bits per heavy atom. The van der Waals surface area contributed by atoms with E-state index < -0.39 is 0 Å². The summed E-state index contributed by atoms with van der Waals surface area (Å²) in [5.74, 6) is 0. The van der Waals surface area contributed by atoms with Crippen LogP contribution in [0.5, 0.6) is 0 Å². The largest absolute Gasteiger partial charge is 0.303 e. The van der Waals surface area contributed by atoms with Gasteiger partial charge in [-0.15, -0.1) is 0 Å². The summed E-state index contributed by atoms with van der Waals surface area (Å²) in [7, 11) is 0. The minimum absolute atomic E-state index is 0.709. The van der Waals surface area contributed by atoms with Crippen LogP contribution in [0.15, 0.2) is 36.5 Å². The van der Waals surface area contributed by atoms with Gasteiger partial charge in [0.05, 0.1) is 0 Å². The molecule has 0 saturated carbocycles. The Kier molecular flexibility index (Phi) is 13.9. The van der Waals surface area contributed by atoms with Crippen LogP contribution in [0, 0.1) is 0 Å². The third-order valence-electron chi connectivity index (χ3n) is 2.45. The maximum atomic E-state index is 10.1. The number of carbonyl (C=O) groups is 1. The van der Waals surface area contributed by atoms with E-state index >= 15 is 0 Å². The minimum atomic E-state index is 0.709. The molecule has 96 valence electrons. The molecule has 0 aromatic heterocycles. The molecular formula is C16H26O. The molecule has 0 aromatic carbocycles. The highest BCUT2D eigenvalue weighted by molar-refractivity contribution is 5.48. The van der Waals surface area contributed by atoms with E-state index in [0.29, 0.717) is 6.42 Å². The second-order valence-electron chi connectivity index (χ2n) is 4.14. The van der Waals surface area contributed by atoms with E-state index in [9.17, 15) is 4.79 Å². The highest BCUT2D eigenvalue weighted by Crippen LogP contribution is 2.01. The first-order valence-corrected chi connectivity index (χ1v) is 6.82. The fourth-order valence-electron chi connectivity index (χ4n) is 1.43. The molecule has 1 nitrogen and oxygen atoms in total. The quantitative estimate of drug-likeness (QED) is 0.213. The summed E-state index contributed by atoms with van der Waals surface area (Å²) in [4.78, 5) is 10.1. The molecule has 0 atom stereocenters. The molecule has 0 radical (unpaired) electrons. The molecule has 0 bridgehead atoms. The number of hydrogen-bond donors (Lipinski definition) is 0. The van der Waals surface area contributed by atoms with E-state index in [2.05, 4.69) is 43.4 Å². The van der Waals surface area contributed by atoms with Crippen LogP contribution in [-0.4, -0.2) is 6.29 Å². The predicted molar refractivity (Wildman–Crippen MR) is 76.1 cm³/mol. The van der Waals surface area contributed by atoms with Crippen molar-refractivity contribution in [3.8, 4) is 0 Å². The SMILES string of the molecule is CCC/C=C/C=C\CC/C=C\CCCCC=O. The zero-order chi connectivity index (χ0) is 12.6. The van der Waals surface area contributed by atoms with Crippen LogP contribution >= 0.6 is 0 Å². The van der Waals surface area contributed by atoms with Crippen molar-refractivity contribution in [2.75, 3.05) is 0 Å². The lowest BCUT2D eigenvalue weighted by Crippen LogP contribution is -1.76. The molecule has 0 N–H and O–H groups in total. The molecule has 0 aromatic rings. The van der Waals surface area contributed by atoms with Crippen LogP contribution in [0.25, 0.3) is 0 Å². The number of allylic oxidation sites excluding steroid dienone is 6. The third kappa shape index (κ3) is 14.9. The van der Waals surface area contributed by atoms with E-state index in [1.165, 1.54) is 12.8 Å². The van der Waals surface area contributed by atoms with Crippen molar-refractivity contribution in [2.24, 2.45) is 0 Å². The van der Waals surface area contributed by atoms with Gasteiger partial charge in [0.25, 0.3) is 0 Å². The van der Waals surface area contributed by atoms with Gasteiger partial charge >= 0.3 is 0 Å². The van der Waals surface area contributed by atoms with Crippen LogP contribution in [0.4, 0.5) is 0 Å². The van der Waals surface area contributed by atoms with E-state index in [4.69, 9.17) is 0 Å². The van der Waals surface area contributed by atoms with Crippen molar-refractivity contribution in [2.45, 2.75) is 58.3 Å². The molecule has 0 aliphatic rings. The molecule has 0 unspecified atom stereocenters. The molecule has 1 heteroatoms. The van der Waals surface area contributed by atoms with Gasteiger partial charge < -0.3 is 4.79 Å². The Morgan fingerprint density at radius 1 is 0.706 bits per heavy atom. The first-order chi connectivity index (χ1) is 8.41. The number of unbranched alkanes of at least 4 members (excludes halogenated alkanes) is 5. The molecular weight excluding hydrogens is 208 g/mol. The summed E-state index contributed by atoms with van der Waals surface area (Å²) < 4.78 is 0. The minimum Gasteiger partial charge on any atom is -0.303 e. The third-order valence-corrected chi connectivity index (χ3v) is 2.45. The molecule has 0 aliphatic heterocycles. The summed E-state index contributed by atoms with van der Waals surface area (Å²) in [6.45, 7) is 2.19. The normalized spacial score (nSPS) is 12.1.